The number of ether oxygens (including phenoxy) is 3. The second-order valence-electron chi connectivity index (χ2n) is 6.62. The molecule has 2 aromatic rings. The Morgan fingerprint density at radius 1 is 0.862 bits per heavy atom. The zero-order valence-corrected chi connectivity index (χ0v) is 18.0. The maximum absolute atomic E-state index is 11.8. The van der Waals surface area contributed by atoms with Crippen LogP contribution in [-0.2, 0) is 28.6 Å². The molecule has 29 heavy (non-hydrogen) atoms. The molecule has 0 saturated carbocycles. The molecule has 1 saturated heterocycles. The Labute approximate surface area is 177 Å². The van der Waals surface area contributed by atoms with Crippen LogP contribution in [0.1, 0.15) is 20.8 Å². The third-order valence-electron chi connectivity index (χ3n) is 4.28. The van der Waals surface area contributed by atoms with Gasteiger partial charge in [-0.15, -0.1) is 23.5 Å². The highest BCUT2D eigenvalue weighted by molar-refractivity contribution is 8.17. The van der Waals surface area contributed by atoms with Crippen LogP contribution in [0, 0.1) is 0 Å². The lowest BCUT2D eigenvalue weighted by Crippen LogP contribution is -2.53. The van der Waals surface area contributed by atoms with Gasteiger partial charge in [0.15, 0.2) is 18.3 Å². The highest BCUT2D eigenvalue weighted by atomic mass is 32.2. The summed E-state index contributed by atoms with van der Waals surface area (Å²) in [6.07, 6.45) is -2.30. The number of fused-ring (bicyclic) bond motifs is 1. The van der Waals surface area contributed by atoms with Crippen molar-refractivity contribution in [3.63, 3.8) is 0 Å². The SMILES string of the molecule is CC(=O)O[C@@H]1[C@@H](OC(C)=O)[C@@H](Sc2ccc3ccccc3c2)SC[C@H]1OC(C)=O. The molecular formula is C21H22O6S2. The number of rotatable bonds is 5. The van der Waals surface area contributed by atoms with Crippen LogP contribution in [0.3, 0.4) is 0 Å². The van der Waals surface area contributed by atoms with E-state index in [9.17, 15) is 14.4 Å². The summed E-state index contributed by atoms with van der Waals surface area (Å²) < 4.78 is 16.1. The molecule has 0 unspecified atom stereocenters. The van der Waals surface area contributed by atoms with Gasteiger partial charge >= 0.3 is 17.9 Å². The number of thioether (sulfide) groups is 2. The van der Waals surface area contributed by atoms with Crippen molar-refractivity contribution in [3.8, 4) is 0 Å². The molecule has 3 rings (SSSR count). The maximum atomic E-state index is 11.8. The molecule has 6 nitrogen and oxygen atoms in total. The summed E-state index contributed by atoms with van der Waals surface area (Å²) in [6.45, 7) is 3.89. The minimum absolute atomic E-state index is 0.226. The summed E-state index contributed by atoms with van der Waals surface area (Å²) in [5.41, 5.74) is 0. The van der Waals surface area contributed by atoms with E-state index in [-0.39, 0.29) is 4.58 Å². The maximum Gasteiger partial charge on any atom is 0.303 e. The fourth-order valence-electron chi connectivity index (χ4n) is 3.18. The highest BCUT2D eigenvalue weighted by Gasteiger charge is 2.46. The number of hydrogen-bond acceptors (Lipinski definition) is 8. The molecule has 1 fully saturated rings. The van der Waals surface area contributed by atoms with E-state index in [4.69, 9.17) is 14.2 Å². The Morgan fingerprint density at radius 2 is 1.48 bits per heavy atom. The van der Waals surface area contributed by atoms with Crippen LogP contribution in [0.4, 0.5) is 0 Å². The molecular weight excluding hydrogens is 412 g/mol. The first-order valence-electron chi connectivity index (χ1n) is 9.12. The van der Waals surface area contributed by atoms with Crippen molar-refractivity contribution >= 4 is 52.2 Å². The lowest BCUT2D eigenvalue weighted by molar-refractivity contribution is -0.180. The van der Waals surface area contributed by atoms with E-state index in [0.29, 0.717) is 5.75 Å². The number of benzene rings is 2. The number of carbonyl (C=O) groups excluding carboxylic acids is 3. The molecule has 2 aromatic carbocycles. The first kappa shape index (κ1) is 21.5. The molecule has 1 aliphatic heterocycles. The lowest BCUT2D eigenvalue weighted by atomic mass is 10.1. The van der Waals surface area contributed by atoms with Crippen molar-refractivity contribution < 1.29 is 28.6 Å². The van der Waals surface area contributed by atoms with Gasteiger partial charge in [0.1, 0.15) is 0 Å². The van der Waals surface area contributed by atoms with E-state index in [0.717, 1.165) is 15.7 Å². The zero-order valence-electron chi connectivity index (χ0n) is 16.3. The summed E-state index contributed by atoms with van der Waals surface area (Å²) in [5.74, 6) is -1.05. The van der Waals surface area contributed by atoms with Crippen LogP contribution in [0.5, 0.6) is 0 Å². The summed E-state index contributed by atoms with van der Waals surface area (Å²) in [7, 11) is 0. The minimum Gasteiger partial charge on any atom is -0.458 e. The molecule has 0 spiro atoms. The van der Waals surface area contributed by atoms with Gasteiger partial charge in [-0.3, -0.25) is 14.4 Å². The Balaban J connectivity index is 1.87. The van der Waals surface area contributed by atoms with E-state index < -0.39 is 36.2 Å². The summed E-state index contributed by atoms with van der Waals surface area (Å²) in [6, 6.07) is 14.2. The topological polar surface area (TPSA) is 78.9 Å². The molecule has 0 bridgehead atoms. The second-order valence-corrected chi connectivity index (χ2v) is 9.31. The van der Waals surface area contributed by atoms with Crippen LogP contribution >= 0.6 is 23.5 Å². The predicted octanol–water partition coefficient (Wildman–Crippen LogP) is 3.80. The molecule has 1 heterocycles. The Bertz CT molecular complexity index is 915. The van der Waals surface area contributed by atoms with Crippen molar-refractivity contribution in [2.24, 2.45) is 0 Å². The van der Waals surface area contributed by atoms with Gasteiger partial charge in [0.05, 0.1) is 4.58 Å². The predicted molar refractivity (Wildman–Crippen MR) is 113 cm³/mol. The molecule has 8 heteroatoms. The number of hydrogen-bond donors (Lipinski definition) is 0. The van der Waals surface area contributed by atoms with E-state index in [1.165, 1.54) is 44.3 Å². The molecule has 0 radical (unpaired) electrons. The number of carbonyl (C=O) groups is 3. The van der Waals surface area contributed by atoms with E-state index in [2.05, 4.69) is 6.07 Å². The van der Waals surface area contributed by atoms with Crippen molar-refractivity contribution in [3.05, 3.63) is 42.5 Å². The quantitative estimate of drug-likeness (QED) is 0.519. The van der Waals surface area contributed by atoms with E-state index in [1.807, 2.05) is 36.4 Å². The van der Waals surface area contributed by atoms with Gasteiger partial charge in [-0.2, -0.15) is 0 Å². The highest BCUT2D eigenvalue weighted by Crippen LogP contribution is 2.42. The Hall–Kier alpha value is -2.19. The van der Waals surface area contributed by atoms with Gasteiger partial charge in [-0.1, -0.05) is 30.3 Å². The monoisotopic (exact) mass is 434 g/mol. The normalized spacial score (nSPS) is 24.0. The fourth-order valence-corrected chi connectivity index (χ4v) is 6.02. The standard InChI is InChI=1S/C21H22O6S2/c1-12(22)25-18-11-28-21(20(27-14(3)24)19(18)26-13(2)23)29-17-9-8-15-6-4-5-7-16(15)10-17/h4-10,18-21H,11H2,1-3H3/t18-,19+,20-,21-/m1/s1. The van der Waals surface area contributed by atoms with E-state index in [1.54, 1.807) is 0 Å². The van der Waals surface area contributed by atoms with Gasteiger partial charge in [-0.05, 0) is 22.9 Å². The minimum atomic E-state index is -0.862. The van der Waals surface area contributed by atoms with E-state index >= 15 is 0 Å². The molecule has 154 valence electrons. The van der Waals surface area contributed by atoms with Crippen LogP contribution in [-0.4, -0.2) is 46.6 Å². The van der Waals surface area contributed by atoms with Crippen molar-refractivity contribution in [1.29, 1.82) is 0 Å². The Kier molecular flexibility index (Phi) is 7.08. The van der Waals surface area contributed by atoms with Gasteiger partial charge in [-0.25, -0.2) is 0 Å². The summed E-state index contributed by atoms with van der Waals surface area (Å²) >= 11 is 3.05. The Morgan fingerprint density at radius 3 is 2.14 bits per heavy atom. The van der Waals surface area contributed by atoms with Gasteiger partial charge in [0.25, 0.3) is 0 Å². The fraction of sp³-hybridized carbons (Fsp3) is 0.381. The van der Waals surface area contributed by atoms with Crippen molar-refractivity contribution in [1.82, 2.24) is 0 Å². The van der Waals surface area contributed by atoms with Crippen molar-refractivity contribution in [2.75, 3.05) is 5.75 Å². The van der Waals surface area contributed by atoms with Gasteiger partial charge in [0, 0.05) is 31.4 Å². The second kappa shape index (κ2) is 9.54. The average molecular weight is 435 g/mol. The molecule has 0 amide bonds. The van der Waals surface area contributed by atoms with Crippen molar-refractivity contribution in [2.45, 2.75) is 48.6 Å². The smallest absolute Gasteiger partial charge is 0.303 e. The third kappa shape index (κ3) is 5.67. The van der Waals surface area contributed by atoms with Crippen LogP contribution in [0.2, 0.25) is 0 Å². The number of esters is 3. The summed E-state index contributed by atoms with van der Waals surface area (Å²) in [4.78, 5) is 35.9. The van der Waals surface area contributed by atoms with Crippen LogP contribution in [0.25, 0.3) is 10.8 Å². The lowest BCUT2D eigenvalue weighted by Gasteiger charge is -2.39. The first-order valence-corrected chi connectivity index (χ1v) is 11.0. The third-order valence-corrected chi connectivity index (χ3v) is 7.12. The van der Waals surface area contributed by atoms with Crippen LogP contribution < -0.4 is 0 Å². The summed E-state index contributed by atoms with van der Waals surface area (Å²) in [5, 5.41) is 2.24. The molecule has 1 aliphatic rings. The van der Waals surface area contributed by atoms with Gasteiger partial charge < -0.3 is 14.2 Å². The molecule has 4 atom stereocenters. The van der Waals surface area contributed by atoms with Crippen LogP contribution in [0.15, 0.2) is 47.4 Å². The molecule has 0 N–H and O–H groups in total. The first-order chi connectivity index (χ1) is 13.8. The largest absolute Gasteiger partial charge is 0.458 e. The average Bonchev–Trinajstić information content (AvgIpc) is 2.65. The van der Waals surface area contributed by atoms with Gasteiger partial charge in [0.2, 0.25) is 0 Å². The zero-order chi connectivity index (χ0) is 21.0. The molecule has 0 aromatic heterocycles. The molecule has 0 aliphatic carbocycles.